The maximum absolute atomic E-state index is 12.4. The van der Waals surface area contributed by atoms with Crippen molar-refractivity contribution in [2.75, 3.05) is 11.1 Å². The monoisotopic (exact) mass is 514 g/mol. The van der Waals surface area contributed by atoms with E-state index in [1.54, 1.807) is 47.0 Å². The van der Waals surface area contributed by atoms with Crippen LogP contribution in [-0.4, -0.2) is 26.4 Å². The number of anilines is 1. The van der Waals surface area contributed by atoms with Gasteiger partial charge in [-0.25, -0.2) is 0 Å². The van der Waals surface area contributed by atoms with Crippen molar-refractivity contribution in [2.45, 2.75) is 11.8 Å². The van der Waals surface area contributed by atoms with Gasteiger partial charge in [0.25, 0.3) is 0 Å². The van der Waals surface area contributed by atoms with Gasteiger partial charge in [0.15, 0.2) is 11.0 Å². The van der Waals surface area contributed by atoms with Crippen molar-refractivity contribution >= 4 is 46.6 Å². The van der Waals surface area contributed by atoms with Crippen molar-refractivity contribution in [1.29, 1.82) is 0 Å². The molecule has 0 fully saturated rings. The Kier molecular flexibility index (Phi) is 7.95. The molecule has 34 heavy (non-hydrogen) atoms. The fraction of sp³-hybridized carbons (Fsp3) is 0.125. The number of hydrogen-bond donors (Lipinski definition) is 1. The van der Waals surface area contributed by atoms with Gasteiger partial charge in [0.05, 0.1) is 10.8 Å². The highest BCUT2D eigenvalue weighted by Crippen LogP contribution is 2.28. The average molecular weight is 515 g/mol. The lowest BCUT2D eigenvalue weighted by Crippen LogP contribution is -2.14. The van der Waals surface area contributed by atoms with Crippen LogP contribution in [0.25, 0.3) is 0 Å². The van der Waals surface area contributed by atoms with E-state index in [2.05, 4.69) is 15.5 Å². The van der Waals surface area contributed by atoms with Crippen molar-refractivity contribution in [3.05, 3.63) is 88.7 Å². The summed E-state index contributed by atoms with van der Waals surface area (Å²) in [5.74, 6) is 2.56. The lowest BCUT2D eigenvalue weighted by Gasteiger charge is -2.09. The van der Waals surface area contributed by atoms with Gasteiger partial charge in [-0.05, 0) is 54.6 Å². The lowest BCUT2D eigenvalue weighted by atomic mass is 10.3. The van der Waals surface area contributed by atoms with E-state index in [0.717, 1.165) is 5.75 Å². The topological polar surface area (TPSA) is 78.3 Å². The Bertz CT molecular complexity index is 1270. The summed E-state index contributed by atoms with van der Waals surface area (Å²) in [6.45, 7) is 0.176. The van der Waals surface area contributed by atoms with Gasteiger partial charge in [-0.2, -0.15) is 0 Å². The van der Waals surface area contributed by atoms with E-state index in [1.165, 1.54) is 11.8 Å². The molecule has 0 aliphatic rings. The van der Waals surface area contributed by atoms with Crippen LogP contribution in [0.3, 0.4) is 0 Å². The van der Waals surface area contributed by atoms with Crippen LogP contribution in [0, 0.1) is 0 Å². The molecule has 1 heterocycles. The number of amides is 1. The number of thioether (sulfide) groups is 1. The Morgan fingerprint density at radius 1 is 1.00 bits per heavy atom. The highest BCUT2D eigenvalue weighted by Gasteiger charge is 2.13. The van der Waals surface area contributed by atoms with Crippen LogP contribution in [0.4, 0.5) is 5.69 Å². The molecule has 0 radical (unpaired) electrons. The number of ether oxygens (including phenoxy) is 2. The second-order valence-corrected chi connectivity index (χ2v) is 8.88. The van der Waals surface area contributed by atoms with Crippen LogP contribution in [0.1, 0.15) is 5.82 Å². The van der Waals surface area contributed by atoms with Crippen molar-refractivity contribution in [3.8, 4) is 17.2 Å². The molecule has 7 nitrogen and oxygen atoms in total. The third-order valence-electron chi connectivity index (χ3n) is 4.63. The van der Waals surface area contributed by atoms with Crippen LogP contribution in [-0.2, 0) is 18.4 Å². The summed E-state index contributed by atoms with van der Waals surface area (Å²) in [4.78, 5) is 12.4. The molecule has 0 aliphatic heterocycles. The van der Waals surface area contributed by atoms with Gasteiger partial charge < -0.3 is 19.4 Å². The van der Waals surface area contributed by atoms with E-state index in [4.69, 9.17) is 32.7 Å². The number of carbonyl (C=O) groups excluding carboxylic acids is 1. The smallest absolute Gasteiger partial charge is 0.234 e. The Balaban J connectivity index is 1.26. The first-order valence-corrected chi connectivity index (χ1v) is 11.9. The van der Waals surface area contributed by atoms with Gasteiger partial charge >= 0.3 is 0 Å². The minimum Gasteiger partial charge on any atom is -0.484 e. The largest absolute Gasteiger partial charge is 0.484 e. The molecule has 0 spiro atoms. The second-order valence-electron chi connectivity index (χ2n) is 7.10. The number of nitrogens with zero attached hydrogens (tertiary/aromatic N) is 3. The molecule has 4 aromatic rings. The summed E-state index contributed by atoms with van der Waals surface area (Å²) in [7, 11) is 1.81. The standard InChI is InChI=1S/C24H20Cl2N4O3S/c1-30-22(14-32-21-12-7-16(25)13-20(21)26)28-29-24(30)34-15-23(31)27-17-8-10-19(11-9-17)33-18-5-3-2-4-6-18/h2-13H,14-15H2,1H3,(H,27,31). The molecule has 174 valence electrons. The summed E-state index contributed by atoms with van der Waals surface area (Å²) in [5.41, 5.74) is 0.679. The SMILES string of the molecule is Cn1c(COc2ccc(Cl)cc2Cl)nnc1SCC(=O)Nc1ccc(Oc2ccccc2)cc1. The number of para-hydroxylation sites is 1. The molecule has 10 heteroatoms. The van der Waals surface area contributed by atoms with Gasteiger partial charge in [-0.1, -0.05) is 53.2 Å². The first-order valence-electron chi connectivity index (χ1n) is 10.2. The molecule has 1 aromatic heterocycles. The molecule has 0 atom stereocenters. The van der Waals surface area contributed by atoms with Gasteiger partial charge in [-0.15, -0.1) is 10.2 Å². The summed E-state index contributed by atoms with van der Waals surface area (Å²) < 4.78 is 13.2. The quantitative estimate of drug-likeness (QED) is 0.267. The summed E-state index contributed by atoms with van der Waals surface area (Å²) in [6, 6.07) is 21.7. The predicted molar refractivity (Wildman–Crippen MR) is 134 cm³/mol. The number of benzene rings is 3. The average Bonchev–Trinajstić information content (AvgIpc) is 3.18. The van der Waals surface area contributed by atoms with Crippen LogP contribution in [0.15, 0.2) is 78.0 Å². The number of rotatable bonds is 9. The maximum atomic E-state index is 12.4. The van der Waals surface area contributed by atoms with Crippen LogP contribution >= 0.6 is 35.0 Å². The molecule has 0 saturated heterocycles. The molecule has 0 saturated carbocycles. The van der Waals surface area contributed by atoms with Crippen LogP contribution in [0.5, 0.6) is 17.2 Å². The normalized spacial score (nSPS) is 10.7. The fourth-order valence-electron chi connectivity index (χ4n) is 2.89. The minimum atomic E-state index is -0.157. The van der Waals surface area contributed by atoms with E-state index in [1.807, 2.05) is 37.4 Å². The maximum Gasteiger partial charge on any atom is 0.234 e. The zero-order valence-corrected chi connectivity index (χ0v) is 20.4. The van der Waals surface area contributed by atoms with E-state index in [0.29, 0.717) is 38.2 Å². The number of aromatic nitrogens is 3. The summed E-state index contributed by atoms with van der Waals surface area (Å²) in [6.07, 6.45) is 0. The second kappa shape index (κ2) is 11.3. The third kappa shape index (κ3) is 6.44. The first-order chi connectivity index (χ1) is 16.5. The number of nitrogens with one attached hydrogen (secondary N) is 1. The molecule has 0 bridgehead atoms. The summed E-state index contributed by atoms with van der Waals surface area (Å²) in [5, 5.41) is 12.7. The third-order valence-corrected chi connectivity index (χ3v) is 6.18. The van der Waals surface area contributed by atoms with Crippen molar-refractivity contribution < 1.29 is 14.3 Å². The zero-order chi connectivity index (χ0) is 23.9. The molecule has 1 N–H and O–H groups in total. The molecule has 0 unspecified atom stereocenters. The lowest BCUT2D eigenvalue weighted by molar-refractivity contribution is -0.113. The molecule has 4 rings (SSSR count). The first kappa shape index (κ1) is 23.9. The Morgan fingerprint density at radius 2 is 1.74 bits per heavy atom. The molecule has 3 aromatic carbocycles. The number of carbonyl (C=O) groups is 1. The van der Waals surface area contributed by atoms with E-state index >= 15 is 0 Å². The molecule has 1 amide bonds. The van der Waals surface area contributed by atoms with E-state index in [-0.39, 0.29) is 18.3 Å². The number of hydrogen-bond acceptors (Lipinski definition) is 6. The van der Waals surface area contributed by atoms with Gasteiger partial charge in [-0.3, -0.25) is 4.79 Å². The Morgan fingerprint density at radius 3 is 2.47 bits per heavy atom. The van der Waals surface area contributed by atoms with Gasteiger partial charge in [0.2, 0.25) is 5.91 Å². The van der Waals surface area contributed by atoms with Crippen molar-refractivity contribution in [3.63, 3.8) is 0 Å². The van der Waals surface area contributed by atoms with Gasteiger partial charge in [0, 0.05) is 17.8 Å². The molecule has 0 aliphatic carbocycles. The van der Waals surface area contributed by atoms with Crippen LogP contribution < -0.4 is 14.8 Å². The van der Waals surface area contributed by atoms with E-state index < -0.39 is 0 Å². The highest BCUT2D eigenvalue weighted by molar-refractivity contribution is 7.99. The number of halogens is 2. The molecular formula is C24H20Cl2N4O3S. The van der Waals surface area contributed by atoms with Crippen molar-refractivity contribution in [2.24, 2.45) is 7.05 Å². The van der Waals surface area contributed by atoms with Crippen LogP contribution in [0.2, 0.25) is 10.0 Å². The Labute approximate surface area is 211 Å². The molecular weight excluding hydrogens is 495 g/mol. The zero-order valence-electron chi connectivity index (χ0n) is 18.1. The fourth-order valence-corrected chi connectivity index (χ4v) is 4.08. The Hall–Kier alpha value is -3.20. The highest BCUT2D eigenvalue weighted by atomic mass is 35.5. The predicted octanol–water partition coefficient (Wildman–Crippen LogP) is 6.22. The van der Waals surface area contributed by atoms with Crippen molar-refractivity contribution in [1.82, 2.24) is 14.8 Å². The summed E-state index contributed by atoms with van der Waals surface area (Å²) >= 11 is 13.3. The van der Waals surface area contributed by atoms with E-state index in [9.17, 15) is 4.79 Å². The van der Waals surface area contributed by atoms with Gasteiger partial charge in [0.1, 0.15) is 23.9 Å². The minimum absolute atomic E-state index is 0.157.